The largest absolute Gasteiger partial charge is 0.504 e. The Hall–Kier alpha value is -3.58. The van der Waals surface area contributed by atoms with Crippen molar-refractivity contribution >= 4 is 28.5 Å². The van der Waals surface area contributed by atoms with Crippen LogP contribution in [-0.2, 0) is 0 Å². The molecule has 4 aromatic rings. The average molecular weight is 391 g/mol. The van der Waals surface area contributed by atoms with Crippen LogP contribution in [0.3, 0.4) is 0 Å². The van der Waals surface area contributed by atoms with Gasteiger partial charge in [-0.25, -0.2) is 4.68 Å². The van der Waals surface area contributed by atoms with E-state index in [1.165, 1.54) is 23.6 Å². The summed E-state index contributed by atoms with van der Waals surface area (Å²) in [6, 6.07) is 14.4. The van der Waals surface area contributed by atoms with Crippen molar-refractivity contribution in [1.29, 1.82) is 0 Å². The first-order chi connectivity index (χ1) is 13.7. The minimum Gasteiger partial charge on any atom is -0.504 e. The summed E-state index contributed by atoms with van der Waals surface area (Å²) in [4.78, 5) is 5.13. The van der Waals surface area contributed by atoms with E-state index in [0.29, 0.717) is 22.7 Å². The molecule has 2 N–H and O–H groups in total. The minimum absolute atomic E-state index is 0.201. The first-order valence-electron chi connectivity index (χ1n) is 8.53. The average Bonchev–Trinajstić information content (AvgIpc) is 3.31. The van der Waals surface area contributed by atoms with Gasteiger partial charge in [0.1, 0.15) is 11.3 Å². The van der Waals surface area contributed by atoms with E-state index in [1.807, 2.05) is 35.7 Å². The standard InChI is InChI=1S/C21H17N3O3S/c1-2-10-22-21-24(23-12-15-7-5-8-17(25)20(15)26)16(13-28-21)19-11-14-6-3-4-9-18(14)27-19/h2-9,11-13,25-26H,1,10H2. The van der Waals surface area contributed by atoms with E-state index < -0.39 is 0 Å². The molecule has 0 aliphatic carbocycles. The second-order valence-corrected chi connectivity index (χ2v) is 6.79. The SMILES string of the molecule is C=CCN=c1scc(-c2cc3ccccc3o2)n1N=Cc1cccc(O)c1O. The number of hydrogen-bond donors (Lipinski definition) is 2. The van der Waals surface area contributed by atoms with Gasteiger partial charge in [-0.15, -0.1) is 17.9 Å². The smallest absolute Gasteiger partial charge is 0.206 e. The first-order valence-corrected chi connectivity index (χ1v) is 9.41. The first kappa shape index (κ1) is 17.8. The molecule has 0 unspecified atom stereocenters. The van der Waals surface area contributed by atoms with Gasteiger partial charge in [0.25, 0.3) is 0 Å². The summed E-state index contributed by atoms with van der Waals surface area (Å²) in [5.74, 6) is 0.236. The summed E-state index contributed by atoms with van der Waals surface area (Å²) in [5, 5.41) is 27.1. The Balaban J connectivity index is 1.84. The maximum Gasteiger partial charge on any atom is 0.206 e. The summed E-state index contributed by atoms with van der Waals surface area (Å²) in [6.45, 7) is 4.15. The highest BCUT2D eigenvalue weighted by Gasteiger charge is 2.13. The highest BCUT2D eigenvalue weighted by atomic mass is 32.1. The second-order valence-electron chi connectivity index (χ2n) is 5.95. The van der Waals surface area contributed by atoms with Crippen molar-refractivity contribution in [3.8, 4) is 23.0 Å². The fourth-order valence-corrected chi connectivity index (χ4v) is 3.54. The van der Waals surface area contributed by atoms with Crippen LogP contribution in [0.5, 0.6) is 11.5 Å². The number of furan rings is 1. The number of phenolic OH excluding ortho intramolecular Hbond substituents is 2. The van der Waals surface area contributed by atoms with E-state index in [-0.39, 0.29) is 11.5 Å². The summed E-state index contributed by atoms with van der Waals surface area (Å²) in [5.41, 5.74) is 1.92. The zero-order valence-electron chi connectivity index (χ0n) is 14.8. The molecule has 6 nitrogen and oxygen atoms in total. The molecule has 0 atom stereocenters. The monoisotopic (exact) mass is 391 g/mol. The molecule has 0 spiro atoms. The second kappa shape index (κ2) is 7.58. The van der Waals surface area contributed by atoms with Crippen LogP contribution in [0.15, 0.2) is 81.1 Å². The number of aromatic nitrogens is 1. The van der Waals surface area contributed by atoms with Crippen molar-refractivity contribution in [3.05, 3.63) is 76.9 Å². The number of hydrogen-bond acceptors (Lipinski definition) is 6. The molecule has 140 valence electrons. The van der Waals surface area contributed by atoms with E-state index in [0.717, 1.165) is 16.7 Å². The van der Waals surface area contributed by atoms with Gasteiger partial charge in [-0.2, -0.15) is 5.10 Å². The Morgan fingerprint density at radius 2 is 2.00 bits per heavy atom. The molecule has 0 fully saturated rings. The predicted molar refractivity (Wildman–Crippen MR) is 111 cm³/mol. The highest BCUT2D eigenvalue weighted by Crippen LogP contribution is 2.29. The van der Waals surface area contributed by atoms with Gasteiger partial charge in [0, 0.05) is 16.3 Å². The Kier molecular flexibility index (Phi) is 4.82. The number of para-hydroxylation sites is 2. The zero-order valence-corrected chi connectivity index (χ0v) is 15.6. The molecule has 4 rings (SSSR count). The van der Waals surface area contributed by atoms with Gasteiger partial charge < -0.3 is 14.6 Å². The van der Waals surface area contributed by atoms with Crippen LogP contribution < -0.4 is 4.80 Å². The Labute approximate surface area is 164 Å². The van der Waals surface area contributed by atoms with Crippen molar-refractivity contribution in [1.82, 2.24) is 4.68 Å². The lowest BCUT2D eigenvalue weighted by Gasteiger charge is -2.02. The highest BCUT2D eigenvalue weighted by molar-refractivity contribution is 7.07. The third-order valence-corrected chi connectivity index (χ3v) is 4.93. The summed E-state index contributed by atoms with van der Waals surface area (Å²) in [6.07, 6.45) is 3.18. The topological polar surface area (TPSA) is 83.2 Å². The van der Waals surface area contributed by atoms with Crippen LogP contribution in [-0.4, -0.2) is 27.6 Å². The number of aromatic hydroxyl groups is 2. The third-order valence-electron chi connectivity index (χ3n) is 4.08. The summed E-state index contributed by atoms with van der Waals surface area (Å²) < 4.78 is 7.62. The Bertz CT molecular complexity index is 1210. The lowest BCUT2D eigenvalue weighted by atomic mass is 10.2. The number of thiazole rings is 1. The van der Waals surface area contributed by atoms with Crippen LogP contribution in [0.1, 0.15) is 5.56 Å². The normalized spacial score (nSPS) is 12.2. The molecule has 2 aromatic heterocycles. The van der Waals surface area contributed by atoms with Crippen LogP contribution in [0.25, 0.3) is 22.4 Å². The number of benzene rings is 2. The Morgan fingerprint density at radius 3 is 2.82 bits per heavy atom. The Morgan fingerprint density at radius 1 is 1.14 bits per heavy atom. The van der Waals surface area contributed by atoms with Crippen molar-refractivity contribution in [2.45, 2.75) is 0 Å². The maximum absolute atomic E-state index is 10.0. The molecule has 0 radical (unpaired) electrons. The van der Waals surface area contributed by atoms with Crippen LogP contribution in [0, 0.1) is 0 Å². The number of phenols is 2. The molecule has 0 aliphatic heterocycles. The molecule has 7 heteroatoms. The van der Waals surface area contributed by atoms with Gasteiger partial charge in [0.15, 0.2) is 17.3 Å². The predicted octanol–water partition coefficient (Wildman–Crippen LogP) is 4.34. The van der Waals surface area contributed by atoms with Gasteiger partial charge in [-0.1, -0.05) is 30.3 Å². The van der Waals surface area contributed by atoms with E-state index in [4.69, 9.17) is 4.42 Å². The van der Waals surface area contributed by atoms with E-state index in [1.54, 1.807) is 22.9 Å². The molecule has 0 bridgehead atoms. The van der Waals surface area contributed by atoms with Gasteiger partial charge in [0.05, 0.1) is 12.8 Å². The molecule has 0 amide bonds. The minimum atomic E-state index is -0.225. The van der Waals surface area contributed by atoms with Gasteiger partial charge >= 0.3 is 0 Å². The molecule has 2 heterocycles. The molecular weight excluding hydrogens is 374 g/mol. The fraction of sp³-hybridized carbons (Fsp3) is 0.0476. The van der Waals surface area contributed by atoms with Gasteiger partial charge in [-0.3, -0.25) is 4.99 Å². The van der Waals surface area contributed by atoms with Crippen LogP contribution >= 0.6 is 11.3 Å². The lowest BCUT2D eigenvalue weighted by molar-refractivity contribution is 0.403. The quantitative estimate of drug-likeness (QED) is 0.301. The molecular formula is C21H17N3O3S. The molecule has 0 aliphatic rings. The summed E-state index contributed by atoms with van der Waals surface area (Å²) >= 11 is 1.43. The third kappa shape index (κ3) is 3.35. The van der Waals surface area contributed by atoms with Crippen LogP contribution in [0.2, 0.25) is 0 Å². The fourth-order valence-electron chi connectivity index (χ4n) is 2.71. The van der Waals surface area contributed by atoms with Crippen molar-refractivity contribution < 1.29 is 14.6 Å². The van der Waals surface area contributed by atoms with Crippen molar-refractivity contribution in [3.63, 3.8) is 0 Å². The number of nitrogens with zero attached hydrogens (tertiary/aromatic N) is 3. The number of fused-ring (bicyclic) bond motifs is 1. The molecule has 28 heavy (non-hydrogen) atoms. The lowest BCUT2D eigenvalue weighted by Crippen LogP contribution is -2.12. The maximum atomic E-state index is 10.0. The summed E-state index contributed by atoms with van der Waals surface area (Å²) in [7, 11) is 0. The zero-order chi connectivity index (χ0) is 19.5. The molecule has 2 aromatic carbocycles. The number of rotatable bonds is 5. The van der Waals surface area contributed by atoms with E-state index in [2.05, 4.69) is 16.7 Å². The van der Waals surface area contributed by atoms with E-state index in [9.17, 15) is 10.2 Å². The molecule has 0 saturated heterocycles. The van der Waals surface area contributed by atoms with Crippen LogP contribution in [0.4, 0.5) is 0 Å². The molecule has 0 saturated carbocycles. The van der Waals surface area contributed by atoms with Gasteiger partial charge in [0.2, 0.25) is 4.80 Å². The van der Waals surface area contributed by atoms with Gasteiger partial charge in [-0.05, 0) is 24.3 Å². The van der Waals surface area contributed by atoms with Crippen molar-refractivity contribution in [2.24, 2.45) is 10.1 Å². The van der Waals surface area contributed by atoms with Crippen molar-refractivity contribution in [2.75, 3.05) is 6.54 Å². The van der Waals surface area contributed by atoms with E-state index >= 15 is 0 Å².